The molecule has 0 aliphatic carbocycles. The minimum absolute atomic E-state index is 0.380. The van der Waals surface area contributed by atoms with E-state index in [1.165, 1.54) is 5.69 Å². The normalized spacial score (nSPS) is 13.3. The number of nitrogen functional groups attached to an aromatic ring is 1. The van der Waals surface area contributed by atoms with Gasteiger partial charge in [0.05, 0.1) is 11.4 Å². The van der Waals surface area contributed by atoms with Gasteiger partial charge in [0, 0.05) is 63.0 Å². The first-order valence-electron chi connectivity index (χ1n) is 10.3. The predicted octanol–water partition coefficient (Wildman–Crippen LogP) is 3.34. The molecule has 0 aliphatic heterocycles. The van der Waals surface area contributed by atoms with Crippen LogP contribution < -0.4 is 21.3 Å². The minimum atomic E-state index is 0.380. The zero-order valence-corrected chi connectivity index (χ0v) is 17.8. The first-order valence-corrected chi connectivity index (χ1v) is 10.3. The van der Waals surface area contributed by atoms with Crippen LogP contribution in [-0.4, -0.2) is 36.1 Å². The lowest BCUT2D eigenvalue weighted by molar-refractivity contribution is 0.326. The zero-order valence-electron chi connectivity index (χ0n) is 17.8. The Kier molecular flexibility index (Phi) is 9.17. The van der Waals surface area contributed by atoms with Crippen LogP contribution in [0.5, 0.6) is 0 Å². The molecule has 0 radical (unpaired) electrons. The molecule has 6 heteroatoms. The SMILES string of the molecule is CCCC(NCc1cc(N)ccn1)C(CCC)NCc1cc(N(C)C)ccn1. The zero-order chi connectivity index (χ0) is 20.4. The van der Waals surface area contributed by atoms with Crippen molar-refractivity contribution in [2.75, 3.05) is 24.7 Å². The van der Waals surface area contributed by atoms with Crippen LogP contribution in [0.3, 0.4) is 0 Å². The lowest BCUT2D eigenvalue weighted by Crippen LogP contribution is -2.47. The van der Waals surface area contributed by atoms with Crippen molar-refractivity contribution in [1.29, 1.82) is 0 Å². The number of anilines is 2. The molecule has 6 nitrogen and oxygen atoms in total. The molecule has 0 saturated carbocycles. The fourth-order valence-electron chi connectivity index (χ4n) is 3.42. The number of pyridine rings is 2. The van der Waals surface area contributed by atoms with Gasteiger partial charge < -0.3 is 21.3 Å². The molecular formula is C22H36N6. The van der Waals surface area contributed by atoms with Gasteiger partial charge in [-0.25, -0.2) is 0 Å². The summed E-state index contributed by atoms with van der Waals surface area (Å²) in [6, 6.07) is 8.71. The van der Waals surface area contributed by atoms with Gasteiger partial charge in [0.15, 0.2) is 0 Å². The fraction of sp³-hybridized carbons (Fsp3) is 0.545. The van der Waals surface area contributed by atoms with E-state index in [0.717, 1.165) is 55.8 Å². The average molecular weight is 385 g/mol. The summed E-state index contributed by atoms with van der Waals surface area (Å²) in [5.41, 5.74) is 9.87. The van der Waals surface area contributed by atoms with Crippen LogP contribution in [0.2, 0.25) is 0 Å². The molecule has 0 aliphatic rings. The van der Waals surface area contributed by atoms with E-state index in [1.54, 1.807) is 6.20 Å². The van der Waals surface area contributed by atoms with Gasteiger partial charge in [0.25, 0.3) is 0 Å². The van der Waals surface area contributed by atoms with Gasteiger partial charge in [-0.05, 0) is 37.1 Å². The van der Waals surface area contributed by atoms with Crippen LogP contribution in [0.25, 0.3) is 0 Å². The van der Waals surface area contributed by atoms with Crippen LogP contribution >= 0.6 is 0 Å². The summed E-state index contributed by atoms with van der Waals surface area (Å²) in [6.45, 7) is 5.97. The second-order valence-electron chi connectivity index (χ2n) is 7.53. The van der Waals surface area contributed by atoms with Crippen molar-refractivity contribution in [3.05, 3.63) is 48.0 Å². The van der Waals surface area contributed by atoms with Crippen molar-refractivity contribution in [2.24, 2.45) is 0 Å². The van der Waals surface area contributed by atoms with E-state index in [-0.39, 0.29) is 0 Å². The predicted molar refractivity (Wildman–Crippen MR) is 118 cm³/mol. The second-order valence-corrected chi connectivity index (χ2v) is 7.53. The summed E-state index contributed by atoms with van der Waals surface area (Å²) in [5.74, 6) is 0. The standard InChI is InChI=1S/C22H36N6/c1-5-7-21(26-15-18-13-17(23)9-11-24-18)22(8-6-2)27-16-19-14-20(28(3)4)10-12-25-19/h9-14,21-22,26-27H,5-8,15-16H2,1-4H3,(H2,23,24). The number of rotatable bonds is 12. The van der Waals surface area contributed by atoms with E-state index < -0.39 is 0 Å². The molecule has 28 heavy (non-hydrogen) atoms. The molecule has 0 fully saturated rings. The molecule has 4 N–H and O–H groups in total. The maximum Gasteiger partial charge on any atom is 0.0562 e. The van der Waals surface area contributed by atoms with Crippen molar-refractivity contribution in [2.45, 2.75) is 64.7 Å². The highest BCUT2D eigenvalue weighted by Gasteiger charge is 2.20. The first kappa shape index (κ1) is 22.1. The summed E-state index contributed by atoms with van der Waals surface area (Å²) in [4.78, 5) is 11.1. The van der Waals surface area contributed by atoms with Gasteiger partial charge in [0.2, 0.25) is 0 Å². The molecule has 154 valence electrons. The molecule has 0 spiro atoms. The summed E-state index contributed by atoms with van der Waals surface area (Å²) in [7, 11) is 4.11. The lowest BCUT2D eigenvalue weighted by atomic mass is 9.98. The molecule has 0 bridgehead atoms. The van der Waals surface area contributed by atoms with Crippen molar-refractivity contribution < 1.29 is 0 Å². The van der Waals surface area contributed by atoms with E-state index in [4.69, 9.17) is 5.73 Å². The van der Waals surface area contributed by atoms with Gasteiger partial charge in [-0.15, -0.1) is 0 Å². The molecule has 0 saturated heterocycles. The highest BCUT2D eigenvalue weighted by Crippen LogP contribution is 2.14. The number of hydrogen-bond donors (Lipinski definition) is 3. The quantitative estimate of drug-likeness (QED) is 0.521. The number of nitrogens with one attached hydrogen (secondary N) is 2. The Hall–Kier alpha value is -2.18. The first-order chi connectivity index (χ1) is 13.5. The van der Waals surface area contributed by atoms with Crippen LogP contribution in [0, 0.1) is 0 Å². The second kappa shape index (κ2) is 11.6. The van der Waals surface area contributed by atoms with E-state index in [2.05, 4.69) is 59.5 Å². The van der Waals surface area contributed by atoms with Crippen molar-refractivity contribution in [3.63, 3.8) is 0 Å². The Morgan fingerprint density at radius 1 is 0.893 bits per heavy atom. The molecule has 2 atom stereocenters. The van der Waals surface area contributed by atoms with E-state index in [9.17, 15) is 0 Å². The average Bonchev–Trinajstić information content (AvgIpc) is 2.69. The highest BCUT2D eigenvalue weighted by molar-refractivity contribution is 5.44. The highest BCUT2D eigenvalue weighted by atomic mass is 15.1. The Balaban J connectivity index is 2.01. The molecular weight excluding hydrogens is 348 g/mol. The van der Waals surface area contributed by atoms with Crippen molar-refractivity contribution in [3.8, 4) is 0 Å². The largest absolute Gasteiger partial charge is 0.399 e. The summed E-state index contributed by atoms with van der Waals surface area (Å²) < 4.78 is 0. The maximum atomic E-state index is 5.89. The Morgan fingerprint density at radius 2 is 1.43 bits per heavy atom. The van der Waals surface area contributed by atoms with Gasteiger partial charge in [-0.1, -0.05) is 26.7 Å². The number of aromatic nitrogens is 2. The summed E-state index contributed by atoms with van der Waals surface area (Å²) in [6.07, 6.45) is 8.17. The Labute approximate surface area is 170 Å². The van der Waals surface area contributed by atoms with E-state index >= 15 is 0 Å². The van der Waals surface area contributed by atoms with Crippen molar-refractivity contribution >= 4 is 11.4 Å². The lowest BCUT2D eigenvalue weighted by Gasteiger charge is -2.29. The monoisotopic (exact) mass is 384 g/mol. The van der Waals surface area contributed by atoms with E-state index in [0.29, 0.717) is 12.1 Å². The third-order valence-electron chi connectivity index (χ3n) is 4.93. The van der Waals surface area contributed by atoms with Gasteiger partial charge >= 0.3 is 0 Å². The van der Waals surface area contributed by atoms with Gasteiger partial charge in [-0.3, -0.25) is 9.97 Å². The molecule has 0 amide bonds. The number of hydrogen-bond acceptors (Lipinski definition) is 6. The Bertz CT molecular complexity index is 703. The Morgan fingerprint density at radius 3 is 1.93 bits per heavy atom. The number of nitrogens with zero attached hydrogens (tertiary/aromatic N) is 3. The van der Waals surface area contributed by atoms with Crippen LogP contribution in [0.15, 0.2) is 36.7 Å². The topological polar surface area (TPSA) is 79.1 Å². The molecule has 0 aromatic carbocycles. The third-order valence-corrected chi connectivity index (χ3v) is 4.93. The molecule has 2 aromatic heterocycles. The fourth-order valence-corrected chi connectivity index (χ4v) is 3.42. The van der Waals surface area contributed by atoms with Crippen molar-refractivity contribution in [1.82, 2.24) is 20.6 Å². The summed E-state index contributed by atoms with van der Waals surface area (Å²) in [5, 5.41) is 7.45. The minimum Gasteiger partial charge on any atom is -0.399 e. The maximum absolute atomic E-state index is 5.89. The van der Waals surface area contributed by atoms with Crippen LogP contribution in [0.1, 0.15) is 50.9 Å². The van der Waals surface area contributed by atoms with Crippen LogP contribution in [-0.2, 0) is 13.1 Å². The molecule has 2 heterocycles. The summed E-state index contributed by atoms with van der Waals surface area (Å²) >= 11 is 0. The van der Waals surface area contributed by atoms with E-state index in [1.807, 2.05) is 24.4 Å². The van der Waals surface area contributed by atoms with Gasteiger partial charge in [-0.2, -0.15) is 0 Å². The number of nitrogens with two attached hydrogens (primary N) is 1. The smallest absolute Gasteiger partial charge is 0.0562 e. The van der Waals surface area contributed by atoms with Crippen LogP contribution in [0.4, 0.5) is 11.4 Å². The molecule has 2 aromatic rings. The third kappa shape index (κ3) is 7.09. The molecule has 2 unspecified atom stereocenters. The van der Waals surface area contributed by atoms with Gasteiger partial charge in [0.1, 0.15) is 0 Å². The molecule has 2 rings (SSSR count).